The van der Waals surface area contributed by atoms with Crippen molar-refractivity contribution in [3.8, 4) is 0 Å². The van der Waals surface area contributed by atoms with Gasteiger partial charge in [0.2, 0.25) is 0 Å². The summed E-state index contributed by atoms with van der Waals surface area (Å²) in [4.78, 5) is 29.2. The Hall–Kier alpha value is -3.21. The number of nitrogens with zero attached hydrogens (tertiary/aromatic N) is 1. The largest absolute Gasteiger partial charge is 0.378 e. The van der Waals surface area contributed by atoms with Gasteiger partial charge in [-0.2, -0.15) is 0 Å². The van der Waals surface area contributed by atoms with E-state index in [4.69, 9.17) is 0 Å². The number of nitrogens with one attached hydrogen (secondary N) is 2. The van der Waals surface area contributed by atoms with Crippen LogP contribution >= 0.6 is 0 Å². The Bertz CT molecular complexity index is 1010. The van der Waals surface area contributed by atoms with Crippen LogP contribution in [0.5, 0.6) is 0 Å². The number of para-hydroxylation sites is 1. The molecule has 1 amide bonds. The molecule has 5 heteroatoms. The van der Waals surface area contributed by atoms with Crippen molar-refractivity contribution in [2.75, 3.05) is 17.2 Å². The van der Waals surface area contributed by atoms with Crippen LogP contribution < -0.4 is 10.6 Å². The van der Waals surface area contributed by atoms with Crippen LogP contribution in [-0.4, -0.2) is 23.2 Å². The quantitative estimate of drug-likeness (QED) is 0.621. The number of anilines is 2. The lowest BCUT2D eigenvalue weighted by Gasteiger charge is -2.20. The summed E-state index contributed by atoms with van der Waals surface area (Å²) >= 11 is 0. The molecule has 2 N–H and O–H groups in total. The predicted octanol–water partition coefficient (Wildman–Crippen LogP) is 5.05. The Balaban J connectivity index is 1.34. The lowest BCUT2D eigenvalue weighted by molar-refractivity contribution is -0.122. The van der Waals surface area contributed by atoms with Crippen LogP contribution in [0.1, 0.15) is 42.5 Å². The molecule has 2 aromatic carbocycles. The number of hydrogen-bond donors (Lipinski definition) is 2. The van der Waals surface area contributed by atoms with Crippen molar-refractivity contribution in [3.63, 3.8) is 0 Å². The highest BCUT2D eigenvalue weighted by Crippen LogP contribution is 2.24. The van der Waals surface area contributed by atoms with Crippen LogP contribution in [0.25, 0.3) is 10.9 Å². The average molecular weight is 387 g/mol. The number of Topliss-reactive ketones (excluding diaryl/α,β-unsaturated/α-hetero) is 1. The number of benzene rings is 2. The number of carbonyl (C=O) groups is 2. The van der Waals surface area contributed by atoms with Gasteiger partial charge in [0.15, 0.2) is 5.78 Å². The summed E-state index contributed by atoms with van der Waals surface area (Å²) in [5.41, 5.74) is 2.96. The van der Waals surface area contributed by atoms with Gasteiger partial charge < -0.3 is 10.6 Å². The zero-order valence-electron chi connectivity index (χ0n) is 16.4. The van der Waals surface area contributed by atoms with E-state index in [1.807, 2.05) is 42.5 Å². The topological polar surface area (TPSA) is 71.1 Å². The molecule has 0 bridgehead atoms. The highest BCUT2D eigenvalue weighted by molar-refractivity contribution is 6.05. The molecule has 0 saturated heterocycles. The van der Waals surface area contributed by atoms with Gasteiger partial charge in [-0.05, 0) is 49.2 Å². The molecule has 1 fully saturated rings. The smallest absolute Gasteiger partial charge is 0.255 e. The molecule has 0 radical (unpaired) electrons. The van der Waals surface area contributed by atoms with Crippen LogP contribution in [0.3, 0.4) is 0 Å². The van der Waals surface area contributed by atoms with E-state index >= 15 is 0 Å². The second-order valence-electron chi connectivity index (χ2n) is 7.60. The Morgan fingerprint density at radius 2 is 1.69 bits per heavy atom. The van der Waals surface area contributed by atoms with Gasteiger partial charge in [0.25, 0.3) is 5.91 Å². The summed E-state index contributed by atoms with van der Waals surface area (Å²) in [5, 5.41) is 7.05. The van der Waals surface area contributed by atoms with Gasteiger partial charge in [0.05, 0.1) is 23.9 Å². The SMILES string of the molecule is O=C(Nc1cnc2ccccc2c1)c1ccc(NCC(=O)C2CCCCC2)cc1. The lowest BCUT2D eigenvalue weighted by atomic mass is 9.86. The second-order valence-corrected chi connectivity index (χ2v) is 7.60. The zero-order chi connectivity index (χ0) is 20.1. The number of fused-ring (bicyclic) bond motifs is 1. The van der Waals surface area contributed by atoms with Gasteiger partial charge in [-0.25, -0.2) is 0 Å². The van der Waals surface area contributed by atoms with Crippen molar-refractivity contribution in [1.82, 2.24) is 4.98 Å². The number of rotatable bonds is 6. The van der Waals surface area contributed by atoms with Crippen molar-refractivity contribution in [3.05, 3.63) is 66.4 Å². The van der Waals surface area contributed by atoms with Gasteiger partial charge in [-0.15, -0.1) is 0 Å². The van der Waals surface area contributed by atoms with Crippen LogP contribution in [0.15, 0.2) is 60.8 Å². The van der Waals surface area contributed by atoms with E-state index in [0.29, 0.717) is 17.8 Å². The van der Waals surface area contributed by atoms with E-state index in [-0.39, 0.29) is 17.6 Å². The molecule has 5 nitrogen and oxygen atoms in total. The second kappa shape index (κ2) is 8.86. The molecule has 1 aromatic heterocycles. The third-order valence-corrected chi connectivity index (χ3v) is 5.52. The highest BCUT2D eigenvalue weighted by atomic mass is 16.1. The molecular weight excluding hydrogens is 362 g/mol. The standard InChI is InChI=1S/C24H25N3O2/c28-23(17-6-2-1-3-7-17)16-25-20-12-10-18(11-13-20)24(29)27-21-14-19-8-4-5-9-22(19)26-15-21/h4-5,8-15,17,25H,1-3,6-7,16H2,(H,27,29). The summed E-state index contributed by atoms with van der Waals surface area (Å²) in [6.45, 7) is 0.346. The Kier molecular flexibility index (Phi) is 5.84. The minimum Gasteiger partial charge on any atom is -0.378 e. The van der Waals surface area contributed by atoms with Crippen molar-refractivity contribution in [2.24, 2.45) is 5.92 Å². The first-order valence-electron chi connectivity index (χ1n) is 10.2. The van der Waals surface area contributed by atoms with Gasteiger partial charge in [0, 0.05) is 22.6 Å². The molecule has 0 unspecified atom stereocenters. The van der Waals surface area contributed by atoms with Crippen LogP contribution in [0.2, 0.25) is 0 Å². The van der Waals surface area contributed by atoms with Crippen molar-refractivity contribution in [1.29, 1.82) is 0 Å². The highest BCUT2D eigenvalue weighted by Gasteiger charge is 2.20. The normalized spacial score (nSPS) is 14.5. The summed E-state index contributed by atoms with van der Waals surface area (Å²) in [6, 6.07) is 16.9. The number of amides is 1. The number of aromatic nitrogens is 1. The Labute approximate surface area is 170 Å². The molecular formula is C24H25N3O2. The van der Waals surface area contributed by atoms with Crippen molar-refractivity contribution in [2.45, 2.75) is 32.1 Å². The van der Waals surface area contributed by atoms with E-state index in [1.54, 1.807) is 18.3 Å². The Morgan fingerprint density at radius 3 is 2.48 bits per heavy atom. The zero-order valence-corrected chi connectivity index (χ0v) is 16.4. The van der Waals surface area contributed by atoms with Crippen LogP contribution in [-0.2, 0) is 4.79 Å². The number of hydrogen-bond acceptors (Lipinski definition) is 4. The van der Waals surface area contributed by atoms with E-state index in [1.165, 1.54) is 6.42 Å². The predicted molar refractivity (Wildman–Crippen MR) is 116 cm³/mol. The molecule has 29 heavy (non-hydrogen) atoms. The molecule has 0 atom stereocenters. The molecule has 0 spiro atoms. The fraction of sp³-hybridized carbons (Fsp3) is 0.292. The minimum atomic E-state index is -0.188. The lowest BCUT2D eigenvalue weighted by Crippen LogP contribution is -2.24. The molecule has 1 aliphatic rings. The summed E-state index contributed by atoms with van der Waals surface area (Å²) < 4.78 is 0. The van der Waals surface area contributed by atoms with Crippen molar-refractivity contribution < 1.29 is 9.59 Å². The van der Waals surface area contributed by atoms with Crippen LogP contribution in [0, 0.1) is 5.92 Å². The molecule has 3 aromatic rings. The van der Waals surface area contributed by atoms with E-state index in [0.717, 1.165) is 42.3 Å². The number of carbonyl (C=O) groups excluding carboxylic acids is 2. The number of pyridine rings is 1. The van der Waals surface area contributed by atoms with Crippen molar-refractivity contribution >= 4 is 34.0 Å². The van der Waals surface area contributed by atoms with E-state index in [9.17, 15) is 9.59 Å². The Morgan fingerprint density at radius 1 is 0.931 bits per heavy atom. The summed E-state index contributed by atoms with van der Waals surface area (Å²) in [5.74, 6) is 0.305. The first kappa shape index (κ1) is 19.1. The average Bonchev–Trinajstić information content (AvgIpc) is 2.78. The van der Waals surface area contributed by atoms with Gasteiger partial charge >= 0.3 is 0 Å². The third-order valence-electron chi connectivity index (χ3n) is 5.52. The first-order chi connectivity index (χ1) is 14.2. The number of ketones is 1. The summed E-state index contributed by atoms with van der Waals surface area (Å²) in [6.07, 6.45) is 7.26. The third kappa shape index (κ3) is 4.80. The maximum absolute atomic E-state index is 12.5. The molecule has 0 aliphatic heterocycles. The van der Waals surface area contributed by atoms with Gasteiger partial charge in [-0.1, -0.05) is 37.5 Å². The maximum Gasteiger partial charge on any atom is 0.255 e. The summed E-state index contributed by atoms with van der Waals surface area (Å²) in [7, 11) is 0. The monoisotopic (exact) mass is 387 g/mol. The molecule has 1 heterocycles. The first-order valence-corrected chi connectivity index (χ1v) is 10.2. The molecule has 4 rings (SSSR count). The molecule has 148 valence electrons. The fourth-order valence-corrected chi connectivity index (χ4v) is 3.84. The molecule has 1 aliphatic carbocycles. The van der Waals surface area contributed by atoms with E-state index < -0.39 is 0 Å². The molecule has 1 saturated carbocycles. The van der Waals surface area contributed by atoms with E-state index in [2.05, 4.69) is 15.6 Å². The minimum absolute atomic E-state index is 0.188. The van der Waals surface area contributed by atoms with Crippen LogP contribution in [0.4, 0.5) is 11.4 Å². The maximum atomic E-state index is 12.5. The fourth-order valence-electron chi connectivity index (χ4n) is 3.84. The van der Waals surface area contributed by atoms with Gasteiger partial charge in [0.1, 0.15) is 0 Å². The van der Waals surface area contributed by atoms with Gasteiger partial charge in [-0.3, -0.25) is 14.6 Å².